The molecule has 0 radical (unpaired) electrons. The van der Waals surface area contributed by atoms with Crippen molar-refractivity contribution >= 4 is 5.78 Å². The number of rotatable bonds is 4. The summed E-state index contributed by atoms with van der Waals surface area (Å²) in [5.74, 6) is -0.746. The third kappa shape index (κ3) is 2.40. The summed E-state index contributed by atoms with van der Waals surface area (Å²) >= 11 is 0. The van der Waals surface area contributed by atoms with E-state index in [-0.39, 0.29) is 5.78 Å². The van der Waals surface area contributed by atoms with Crippen LogP contribution < -0.4 is 0 Å². The van der Waals surface area contributed by atoms with Crippen LogP contribution in [0.25, 0.3) is 0 Å². The number of hydrogen-bond donors (Lipinski definition) is 0. The highest BCUT2D eigenvalue weighted by atomic mass is 16.1. The third-order valence-electron chi connectivity index (χ3n) is 1.93. The molecule has 14 heavy (non-hydrogen) atoms. The van der Waals surface area contributed by atoms with Crippen molar-refractivity contribution in [3.05, 3.63) is 30.1 Å². The van der Waals surface area contributed by atoms with Crippen LogP contribution in [0.15, 0.2) is 24.4 Å². The lowest BCUT2D eigenvalue weighted by atomic mass is 9.98. The smallest absolute Gasteiger partial charge is 0.156 e. The average molecular weight is 188 g/mol. The summed E-state index contributed by atoms with van der Waals surface area (Å²) < 4.78 is 0. The van der Waals surface area contributed by atoms with E-state index in [1.165, 1.54) is 0 Å². The zero-order valence-electron chi connectivity index (χ0n) is 8.10. The van der Waals surface area contributed by atoms with E-state index >= 15 is 0 Å². The van der Waals surface area contributed by atoms with Gasteiger partial charge < -0.3 is 0 Å². The summed E-state index contributed by atoms with van der Waals surface area (Å²) in [6.45, 7) is 1.92. The predicted molar refractivity (Wildman–Crippen MR) is 52.5 cm³/mol. The number of aromatic nitrogens is 1. The summed E-state index contributed by atoms with van der Waals surface area (Å²) in [5, 5.41) is 8.87. The number of hydrogen-bond acceptors (Lipinski definition) is 3. The molecular formula is C11H12N2O. The Hall–Kier alpha value is -1.69. The molecule has 0 aromatic carbocycles. The lowest BCUT2D eigenvalue weighted by Crippen LogP contribution is -2.11. The highest BCUT2D eigenvalue weighted by molar-refractivity contribution is 5.87. The Labute approximate surface area is 83.4 Å². The molecule has 0 bridgehead atoms. The van der Waals surface area contributed by atoms with Crippen LogP contribution in [-0.4, -0.2) is 10.8 Å². The van der Waals surface area contributed by atoms with E-state index in [9.17, 15) is 4.79 Å². The molecule has 1 unspecified atom stereocenters. The maximum atomic E-state index is 11.5. The Bertz CT molecular complexity index is 340. The van der Waals surface area contributed by atoms with Gasteiger partial charge in [0.2, 0.25) is 0 Å². The zero-order valence-corrected chi connectivity index (χ0v) is 8.10. The van der Waals surface area contributed by atoms with Gasteiger partial charge in [0.25, 0.3) is 0 Å². The van der Waals surface area contributed by atoms with Crippen molar-refractivity contribution in [3.63, 3.8) is 0 Å². The van der Waals surface area contributed by atoms with Crippen LogP contribution in [-0.2, 0) is 4.79 Å². The van der Waals surface area contributed by atoms with Gasteiger partial charge in [-0.1, -0.05) is 13.0 Å². The first kappa shape index (κ1) is 10.4. The molecule has 0 saturated heterocycles. The molecule has 0 fully saturated rings. The fourth-order valence-corrected chi connectivity index (χ4v) is 1.24. The van der Waals surface area contributed by atoms with Crippen molar-refractivity contribution < 1.29 is 4.79 Å². The Kier molecular flexibility index (Phi) is 3.81. The molecule has 0 saturated carbocycles. The molecule has 3 nitrogen and oxygen atoms in total. The van der Waals surface area contributed by atoms with Gasteiger partial charge in [0, 0.05) is 12.6 Å². The third-order valence-corrected chi connectivity index (χ3v) is 1.93. The normalized spacial score (nSPS) is 11.7. The van der Waals surface area contributed by atoms with Crippen LogP contribution in [0.4, 0.5) is 0 Å². The summed E-state index contributed by atoms with van der Waals surface area (Å²) in [5.41, 5.74) is 0.549. The van der Waals surface area contributed by atoms with Crippen molar-refractivity contribution in [2.75, 3.05) is 0 Å². The molecule has 1 aromatic heterocycles. The molecule has 0 amide bonds. The van der Waals surface area contributed by atoms with E-state index in [0.29, 0.717) is 12.1 Å². The van der Waals surface area contributed by atoms with Crippen LogP contribution in [0, 0.1) is 11.3 Å². The maximum Gasteiger partial charge on any atom is 0.156 e. The lowest BCUT2D eigenvalue weighted by molar-refractivity contribution is -0.119. The molecule has 0 aliphatic carbocycles. The van der Waals surface area contributed by atoms with Crippen LogP contribution in [0.1, 0.15) is 31.4 Å². The van der Waals surface area contributed by atoms with Gasteiger partial charge in [-0.25, -0.2) is 0 Å². The van der Waals surface area contributed by atoms with Crippen molar-refractivity contribution in [3.8, 4) is 6.07 Å². The van der Waals surface area contributed by atoms with E-state index in [4.69, 9.17) is 5.26 Å². The van der Waals surface area contributed by atoms with E-state index in [1.54, 1.807) is 24.4 Å². The van der Waals surface area contributed by atoms with Crippen LogP contribution in [0.3, 0.4) is 0 Å². The van der Waals surface area contributed by atoms with Crippen LogP contribution in [0.5, 0.6) is 0 Å². The molecule has 3 heteroatoms. The van der Waals surface area contributed by atoms with Gasteiger partial charge in [-0.15, -0.1) is 0 Å². The monoisotopic (exact) mass is 188 g/mol. The Morgan fingerprint density at radius 2 is 2.43 bits per heavy atom. The van der Waals surface area contributed by atoms with E-state index < -0.39 is 5.92 Å². The van der Waals surface area contributed by atoms with Crippen molar-refractivity contribution in [1.29, 1.82) is 5.26 Å². The van der Waals surface area contributed by atoms with Crippen LogP contribution >= 0.6 is 0 Å². The number of Topliss-reactive ketones (excluding diaryl/α,β-unsaturated/α-hetero) is 1. The SMILES string of the molecule is CCCC(=O)C(C#N)c1ccccn1. The standard InChI is InChI=1S/C11H12N2O/c1-2-5-11(14)9(8-12)10-6-3-4-7-13-10/h3-4,6-7,9H,2,5H2,1H3. The molecule has 72 valence electrons. The average Bonchev–Trinajstić information content (AvgIpc) is 2.21. The molecule has 1 heterocycles. The van der Waals surface area contributed by atoms with Gasteiger partial charge >= 0.3 is 0 Å². The van der Waals surface area contributed by atoms with Gasteiger partial charge in [-0.2, -0.15) is 5.26 Å². The molecular weight excluding hydrogens is 176 g/mol. The Morgan fingerprint density at radius 1 is 1.64 bits per heavy atom. The van der Waals surface area contributed by atoms with Crippen molar-refractivity contribution in [2.24, 2.45) is 0 Å². The topological polar surface area (TPSA) is 53.8 Å². The number of nitrogens with zero attached hydrogens (tertiary/aromatic N) is 2. The summed E-state index contributed by atoms with van der Waals surface area (Å²) in [4.78, 5) is 15.5. The second-order valence-corrected chi connectivity index (χ2v) is 3.03. The molecule has 0 N–H and O–H groups in total. The van der Waals surface area contributed by atoms with Gasteiger partial charge in [0.15, 0.2) is 5.78 Å². The molecule has 0 spiro atoms. The summed E-state index contributed by atoms with van der Waals surface area (Å²) in [6, 6.07) is 7.25. The number of carbonyl (C=O) groups excluding carboxylic acids is 1. The highest BCUT2D eigenvalue weighted by Gasteiger charge is 2.19. The molecule has 1 atom stereocenters. The van der Waals surface area contributed by atoms with Gasteiger partial charge in [-0.3, -0.25) is 9.78 Å². The van der Waals surface area contributed by atoms with E-state index in [1.807, 2.05) is 13.0 Å². The van der Waals surface area contributed by atoms with E-state index in [2.05, 4.69) is 4.98 Å². The molecule has 0 aliphatic rings. The van der Waals surface area contributed by atoms with Crippen molar-refractivity contribution in [2.45, 2.75) is 25.7 Å². The summed E-state index contributed by atoms with van der Waals surface area (Å²) in [7, 11) is 0. The fraction of sp³-hybridized carbons (Fsp3) is 0.364. The first-order valence-electron chi connectivity index (χ1n) is 4.62. The molecule has 0 aliphatic heterocycles. The van der Waals surface area contributed by atoms with Gasteiger partial charge in [0.1, 0.15) is 5.92 Å². The van der Waals surface area contributed by atoms with Gasteiger partial charge in [0.05, 0.1) is 11.8 Å². The zero-order chi connectivity index (χ0) is 10.4. The minimum atomic E-state index is -0.698. The quantitative estimate of drug-likeness (QED) is 0.726. The first-order chi connectivity index (χ1) is 6.79. The van der Waals surface area contributed by atoms with Crippen LogP contribution in [0.2, 0.25) is 0 Å². The Balaban J connectivity index is 2.84. The number of nitriles is 1. The predicted octanol–water partition coefficient (Wildman–Crippen LogP) is 2.06. The minimum Gasteiger partial charge on any atom is -0.298 e. The minimum absolute atomic E-state index is 0.0475. The lowest BCUT2D eigenvalue weighted by Gasteiger charge is -2.05. The fourth-order valence-electron chi connectivity index (χ4n) is 1.24. The van der Waals surface area contributed by atoms with Gasteiger partial charge in [-0.05, 0) is 18.6 Å². The largest absolute Gasteiger partial charge is 0.298 e. The van der Waals surface area contributed by atoms with Crippen molar-refractivity contribution in [1.82, 2.24) is 4.98 Å². The second kappa shape index (κ2) is 5.13. The highest BCUT2D eigenvalue weighted by Crippen LogP contribution is 2.15. The number of ketones is 1. The molecule has 1 aromatic rings. The second-order valence-electron chi connectivity index (χ2n) is 3.03. The first-order valence-corrected chi connectivity index (χ1v) is 4.62. The number of pyridine rings is 1. The number of carbonyl (C=O) groups is 1. The Morgan fingerprint density at radius 3 is 2.93 bits per heavy atom. The molecule has 1 rings (SSSR count). The van der Waals surface area contributed by atoms with E-state index in [0.717, 1.165) is 6.42 Å². The maximum absolute atomic E-state index is 11.5. The summed E-state index contributed by atoms with van der Waals surface area (Å²) in [6.07, 6.45) is 2.80.